The van der Waals surface area contributed by atoms with Gasteiger partial charge < -0.3 is 15.8 Å². The summed E-state index contributed by atoms with van der Waals surface area (Å²) in [6, 6.07) is 7.82. The smallest absolute Gasteiger partial charge is 0.316 e. The summed E-state index contributed by atoms with van der Waals surface area (Å²) in [5.41, 5.74) is 6.49. The molecule has 5 nitrogen and oxygen atoms in total. The molecule has 0 spiro atoms. The van der Waals surface area contributed by atoms with Gasteiger partial charge in [0.05, 0.1) is 13.2 Å². The number of amides is 2. The van der Waals surface area contributed by atoms with Crippen molar-refractivity contribution in [2.75, 3.05) is 31.6 Å². The molecule has 0 aliphatic carbocycles. The van der Waals surface area contributed by atoms with Crippen molar-refractivity contribution < 1.29 is 18.3 Å². The largest absolute Gasteiger partial charge is 0.379 e. The Bertz CT molecular complexity index is 777. The van der Waals surface area contributed by atoms with Crippen LogP contribution in [0, 0.1) is 11.6 Å². The Hall–Kier alpha value is -2.51. The lowest BCUT2D eigenvalue weighted by molar-refractivity contribution is 0.0342. The van der Waals surface area contributed by atoms with Crippen molar-refractivity contribution >= 4 is 11.7 Å². The Balaban J connectivity index is 1.90. The number of nitrogens with two attached hydrogens (primary N) is 1. The van der Waals surface area contributed by atoms with E-state index in [1.54, 1.807) is 12.1 Å². The molecule has 25 heavy (non-hydrogen) atoms. The SMILES string of the molecule is NC(=O)Nc1ccc(F)c(-c2cc(CN3CCOCC3)ccc2F)c1. The number of anilines is 1. The van der Waals surface area contributed by atoms with Gasteiger partial charge in [-0.1, -0.05) is 6.07 Å². The van der Waals surface area contributed by atoms with Gasteiger partial charge in [0.2, 0.25) is 0 Å². The molecule has 1 aliphatic rings. The number of urea groups is 1. The number of primary amides is 1. The molecule has 0 radical (unpaired) electrons. The average Bonchev–Trinajstić information content (AvgIpc) is 2.59. The van der Waals surface area contributed by atoms with Crippen LogP contribution in [-0.4, -0.2) is 37.2 Å². The highest BCUT2D eigenvalue weighted by molar-refractivity contribution is 5.88. The predicted molar refractivity (Wildman–Crippen MR) is 91.1 cm³/mol. The van der Waals surface area contributed by atoms with E-state index in [0.717, 1.165) is 18.7 Å². The van der Waals surface area contributed by atoms with Gasteiger partial charge in [-0.15, -0.1) is 0 Å². The van der Waals surface area contributed by atoms with Crippen molar-refractivity contribution in [3.63, 3.8) is 0 Å². The van der Waals surface area contributed by atoms with E-state index in [1.165, 1.54) is 24.3 Å². The number of nitrogens with one attached hydrogen (secondary N) is 1. The number of benzene rings is 2. The van der Waals surface area contributed by atoms with Crippen LogP contribution < -0.4 is 11.1 Å². The molecule has 2 amide bonds. The second-order valence-electron chi connectivity index (χ2n) is 5.89. The van der Waals surface area contributed by atoms with Crippen LogP contribution in [0.3, 0.4) is 0 Å². The highest BCUT2D eigenvalue weighted by Crippen LogP contribution is 2.29. The summed E-state index contributed by atoms with van der Waals surface area (Å²) >= 11 is 0. The van der Waals surface area contributed by atoms with Gasteiger partial charge in [-0.2, -0.15) is 0 Å². The van der Waals surface area contributed by atoms with Crippen LogP contribution in [0.25, 0.3) is 11.1 Å². The molecule has 2 aromatic carbocycles. The molecule has 0 saturated carbocycles. The van der Waals surface area contributed by atoms with E-state index in [1.807, 2.05) is 0 Å². The molecule has 3 N–H and O–H groups in total. The van der Waals surface area contributed by atoms with Gasteiger partial charge in [-0.25, -0.2) is 13.6 Å². The van der Waals surface area contributed by atoms with E-state index in [9.17, 15) is 13.6 Å². The van der Waals surface area contributed by atoms with E-state index in [-0.39, 0.29) is 11.1 Å². The van der Waals surface area contributed by atoms with E-state index in [2.05, 4.69) is 10.2 Å². The Morgan fingerprint density at radius 3 is 2.40 bits per heavy atom. The van der Waals surface area contributed by atoms with Crippen molar-refractivity contribution in [2.24, 2.45) is 5.73 Å². The maximum absolute atomic E-state index is 14.3. The van der Waals surface area contributed by atoms with Crippen LogP contribution in [0.2, 0.25) is 0 Å². The molecule has 2 aromatic rings. The Kier molecular flexibility index (Phi) is 5.25. The average molecular weight is 347 g/mol. The summed E-state index contributed by atoms with van der Waals surface area (Å²) in [6.45, 7) is 3.59. The number of hydrogen-bond acceptors (Lipinski definition) is 3. The lowest BCUT2D eigenvalue weighted by atomic mass is 10.0. The predicted octanol–water partition coefficient (Wildman–Crippen LogP) is 2.95. The number of morpholine rings is 1. The van der Waals surface area contributed by atoms with Crippen LogP contribution in [0.1, 0.15) is 5.56 Å². The molecule has 1 saturated heterocycles. The van der Waals surface area contributed by atoms with Gasteiger partial charge in [0.15, 0.2) is 0 Å². The zero-order chi connectivity index (χ0) is 17.8. The van der Waals surface area contributed by atoms with Crippen LogP contribution in [0.5, 0.6) is 0 Å². The van der Waals surface area contributed by atoms with E-state index < -0.39 is 17.7 Å². The van der Waals surface area contributed by atoms with Crippen LogP contribution in [0.15, 0.2) is 36.4 Å². The zero-order valence-electron chi connectivity index (χ0n) is 13.6. The minimum atomic E-state index is -0.765. The molecule has 1 heterocycles. The number of halogens is 2. The third-order valence-electron chi connectivity index (χ3n) is 4.06. The van der Waals surface area contributed by atoms with Gasteiger partial charge in [0, 0.05) is 36.4 Å². The Labute approximate surface area is 144 Å². The second kappa shape index (κ2) is 7.58. The molecule has 1 aliphatic heterocycles. The summed E-state index contributed by atoms with van der Waals surface area (Å²) in [7, 11) is 0. The number of hydrogen-bond donors (Lipinski definition) is 2. The molecule has 3 rings (SSSR count). The van der Waals surface area contributed by atoms with Gasteiger partial charge in [0.1, 0.15) is 11.6 Å². The van der Waals surface area contributed by atoms with Gasteiger partial charge in [-0.3, -0.25) is 4.90 Å². The van der Waals surface area contributed by atoms with E-state index in [4.69, 9.17) is 10.5 Å². The van der Waals surface area contributed by atoms with E-state index >= 15 is 0 Å². The molecule has 7 heteroatoms. The van der Waals surface area contributed by atoms with Crippen molar-refractivity contribution in [1.82, 2.24) is 4.90 Å². The summed E-state index contributed by atoms with van der Waals surface area (Å²) in [5, 5.41) is 2.37. The fourth-order valence-corrected chi connectivity index (χ4v) is 2.85. The summed E-state index contributed by atoms with van der Waals surface area (Å²) in [4.78, 5) is 13.2. The van der Waals surface area contributed by atoms with Gasteiger partial charge in [0.25, 0.3) is 0 Å². The van der Waals surface area contributed by atoms with Crippen molar-refractivity contribution in [1.29, 1.82) is 0 Å². The number of carbonyl (C=O) groups is 1. The third kappa shape index (κ3) is 4.32. The molecule has 132 valence electrons. The molecular weight excluding hydrogens is 328 g/mol. The lowest BCUT2D eigenvalue weighted by Crippen LogP contribution is -2.35. The molecule has 0 unspecified atom stereocenters. The van der Waals surface area contributed by atoms with Crippen molar-refractivity contribution in [2.45, 2.75) is 6.54 Å². The molecule has 0 atom stereocenters. The van der Waals surface area contributed by atoms with Crippen molar-refractivity contribution in [3.05, 3.63) is 53.6 Å². The number of carbonyl (C=O) groups excluding carboxylic acids is 1. The first-order valence-electron chi connectivity index (χ1n) is 7.98. The summed E-state index contributed by atoms with van der Waals surface area (Å²) < 4.78 is 33.8. The third-order valence-corrected chi connectivity index (χ3v) is 4.06. The number of nitrogens with zero attached hydrogens (tertiary/aromatic N) is 1. The fourth-order valence-electron chi connectivity index (χ4n) is 2.85. The first-order chi connectivity index (χ1) is 12.0. The van der Waals surface area contributed by atoms with Gasteiger partial charge in [-0.05, 0) is 35.9 Å². The standard InChI is InChI=1S/C18H19F2N3O2/c19-16-3-1-12(11-23-5-7-25-8-6-23)9-14(16)15-10-13(22-18(21)24)2-4-17(15)20/h1-4,9-10H,5-8,11H2,(H3,21,22,24). The van der Waals surface area contributed by atoms with Crippen molar-refractivity contribution in [3.8, 4) is 11.1 Å². The number of rotatable bonds is 4. The number of ether oxygens (including phenoxy) is 1. The van der Waals surface area contributed by atoms with Gasteiger partial charge >= 0.3 is 6.03 Å². The van der Waals surface area contributed by atoms with E-state index in [0.29, 0.717) is 25.4 Å². The van der Waals surface area contributed by atoms with Crippen LogP contribution >= 0.6 is 0 Å². The molecule has 0 aromatic heterocycles. The molecular formula is C18H19F2N3O2. The Morgan fingerprint density at radius 2 is 1.72 bits per heavy atom. The Morgan fingerprint density at radius 1 is 1.08 bits per heavy atom. The first-order valence-corrected chi connectivity index (χ1v) is 7.98. The topological polar surface area (TPSA) is 67.6 Å². The minimum Gasteiger partial charge on any atom is -0.379 e. The first kappa shape index (κ1) is 17.3. The monoisotopic (exact) mass is 347 g/mol. The molecule has 0 bridgehead atoms. The fraction of sp³-hybridized carbons (Fsp3) is 0.278. The quantitative estimate of drug-likeness (QED) is 0.894. The normalized spacial score (nSPS) is 15.1. The zero-order valence-corrected chi connectivity index (χ0v) is 13.6. The summed E-state index contributed by atoms with van der Waals surface area (Å²) in [6.07, 6.45) is 0. The van der Waals surface area contributed by atoms with Crippen LogP contribution in [0.4, 0.5) is 19.3 Å². The second-order valence-corrected chi connectivity index (χ2v) is 5.89. The highest BCUT2D eigenvalue weighted by Gasteiger charge is 2.15. The molecule has 1 fully saturated rings. The maximum atomic E-state index is 14.3. The minimum absolute atomic E-state index is 0.0765. The highest BCUT2D eigenvalue weighted by atomic mass is 19.1. The maximum Gasteiger partial charge on any atom is 0.316 e. The summed E-state index contributed by atoms with van der Waals surface area (Å²) in [5.74, 6) is -1.10. The van der Waals surface area contributed by atoms with Crippen LogP contribution in [-0.2, 0) is 11.3 Å². The lowest BCUT2D eigenvalue weighted by Gasteiger charge is -2.26.